The molecule has 0 saturated heterocycles. The van der Waals surface area contributed by atoms with Crippen molar-refractivity contribution in [1.29, 1.82) is 0 Å². The Morgan fingerprint density at radius 3 is 2.21 bits per heavy atom. The Morgan fingerprint density at radius 2 is 1.68 bits per heavy atom. The van der Waals surface area contributed by atoms with Gasteiger partial charge in [0.25, 0.3) is 0 Å². The molecule has 3 N–H and O–H groups in total. The van der Waals surface area contributed by atoms with E-state index in [1.165, 1.54) is 0 Å². The maximum Gasteiger partial charge on any atom is 0.408 e. The summed E-state index contributed by atoms with van der Waals surface area (Å²) in [5.74, 6) is 3.42. The molecule has 0 spiro atoms. The summed E-state index contributed by atoms with van der Waals surface area (Å²) in [4.78, 5) is 37.2. The first-order valence-corrected chi connectivity index (χ1v) is 11.4. The van der Waals surface area contributed by atoms with Crippen LogP contribution in [0.4, 0.5) is 4.79 Å². The Balaban J connectivity index is 1.70. The van der Waals surface area contributed by atoms with E-state index in [4.69, 9.17) is 4.74 Å². The Hall–Kier alpha value is -3.79. The third-order valence-corrected chi connectivity index (χ3v) is 6.06. The molecule has 2 aromatic carbocycles. The second kappa shape index (κ2) is 10.9. The summed E-state index contributed by atoms with van der Waals surface area (Å²) in [6, 6.07) is 14.9. The number of carboxylic acids is 1. The van der Waals surface area contributed by atoms with Crippen molar-refractivity contribution >= 4 is 18.0 Å². The fourth-order valence-corrected chi connectivity index (χ4v) is 4.31. The number of ether oxygens (including phenoxy) is 1. The van der Waals surface area contributed by atoms with Crippen LogP contribution in [0.2, 0.25) is 0 Å². The van der Waals surface area contributed by atoms with E-state index in [2.05, 4.69) is 34.6 Å². The molecule has 34 heavy (non-hydrogen) atoms. The number of nitrogens with one attached hydrogen (secondary N) is 2. The molecule has 0 saturated carbocycles. The van der Waals surface area contributed by atoms with E-state index < -0.39 is 29.6 Å². The molecule has 0 fully saturated rings. The molecule has 2 atom stereocenters. The lowest BCUT2D eigenvalue weighted by atomic mass is 9.94. The largest absolute Gasteiger partial charge is 0.480 e. The fraction of sp³-hybridized carbons (Fsp3) is 0.370. The minimum atomic E-state index is -1.33. The minimum Gasteiger partial charge on any atom is -0.480 e. The van der Waals surface area contributed by atoms with Crippen LogP contribution in [0.15, 0.2) is 48.5 Å². The molecule has 2 unspecified atom stereocenters. The molecule has 0 radical (unpaired) electrons. The molecule has 0 aliphatic heterocycles. The first-order valence-electron chi connectivity index (χ1n) is 11.4. The van der Waals surface area contributed by atoms with Crippen molar-refractivity contribution in [2.45, 2.75) is 57.5 Å². The van der Waals surface area contributed by atoms with Gasteiger partial charge in [0.05, 0.1) is 0 Å². The molecule has 1 aliphatic rings. The molecule has 2 aromatic rings. The molecule has 2 amide bonds. The molecular weight excluding hydrogens is 432 g/mol. The van der Waals surface area contributed by atoms with Crippen LogP contribution >= 0.6 is 0 Å². The van der Waals surface area contributed by atoms with Crippen molar-refractivity contribution in [2.24, 2.45) is 0 Å². The van der Waals surface area contributed by atoms with Crippen molar-refractivity contribution in [1.82, 2.24) is 10.6 Å². The maximum atomic E-state index is 13.0. The zero-order chi connectivity index (χ0) is 24.7. The Kier molecular flexibility index (Phi) is 7.95. The summed E-state index contributed by atoms with van der Waals surface area (Å²) in [5.41, 5.74) is 3.10. The number of aliphatic carboxylic acids is 1. The summed E-state index contributed by atoms with van der Waals surface area (Å²) in [6.07, 6.45) is 0.160. The van der Waals surface area contributed by atoms with Gasteiger partial charge in [-0.3, -0.25) is 4.79 Å². The summed E-state index contributed by atoms with van der Waals surface area (Å²) in [6.45, 7) is 5.16. The lowest BCUT2D eigenvalue weighted by molar-refractivity contribution is -0.142. The second-order valence-electron chi connectivity index (χ2n) is 8.53. The number of carboxylic acid groups (broad SMARTS) is 1. The van der Waals surface area contributed by atoms with Crippen molar-refractivity contribution in [3.8, 4) is 23.0 Å². The van der Waals surface area contributed by atoms with Crippen LogP contribution in [0.3, 0.4) is 0 Å². The van der Waals surface area contributed by atoms with Gasteiger partial charge in [0, 0.05) is 12.3 Å². The van der Waals surface area contributed by atoms with Crippen LogP contribution in [-0.4, -0.2) is 41.3 Å². The van der Waals surface area contributed by atoms with Crippen molar-refractivity contribution in [2.75, 3.05) is 6.61 Å². The first-order chi connectivity index (χ1) is 16.3. The molecule has 178 valence electrons. The third-order valence-electron chi connectivity index (χ3n) is 6.06. The van der Waals surface area contributed by atoms with E-state index >= 15 is 0 Å². The summed E-state index contributed by atoms with van der Waals surface area (Å²) >= 11 is 0. The molecule has 0 heterocycles. The monoisotopic (exact) mass is 462 g/mol. The quantitative estimate of drug-likeness (QED) is 0.488. The molecule has 0 bridgehead atoms. The van der Waals surface area contributed by atoms with Gasteiger partial charge in [-0.15, -0.1) is 11.8 Å². The second-order valence-corrected chi connectivity index (χ2v) is 8.53. The number of amides is 2. The Morgan fingerprint density at radius 1 is 1.09 bits per heavy atom. The van der Waals surface area contributed by atoms with Gasteiger partial charge in [0.2, 0.25) is 5.91 Å². The van der Waals surface area contributed by atoms with Gasteiger partial charge in [-0.25, -0.2) is 9.59 Å². The highest BCUT2D eigenvalue weighted by atomic mass is 16.5. The van der Waals surface area contributed by atoms with E-state index in [0.717, 1.165) is 22.3 Å². The predicted octanol–water partition coefficient (Wildman–Crippen LogP) is 4.07. The van der Waals surface area contributed by atoms with Crippen molar-refractivity contribution in [3.05, 3.63) is 59.7 Å². The average molecular weight is 463 g/mol. The fourth-order valence-electron chi connectivity index (χ4n) is 4.31. The number of hydrogen-bond acceptors (Lipinski definition) is 4. The lowest BCUT2D eigenvalue weighted by Crippen LogP contribution is -2.59. The van der Waals surface area contributed by atoms with Crippen molar-refractivity contribution in [3.63, 3.8) is 0 Å². The average Bonchev–Trinajstić information content (AvgIpc) is 3.14. The van der Waals surface area contributed by atoms with Crippen molar-refractivity contribution < 1.29 is 24.2 Å². The molecule has 3 rings (SSSR count). The van der Waals surface area contributed by atoms with E-state index in [0.29, 0.717) is 12.8 Å². The highest BCUT2D eigenvalue weighted by Crippen LogP contribution is 2.44. The van der Waals surface area contributed by atoms with Gasteiger partial charge >= 0.3 is 12.1 Å². The molecular formula is C27H30N2O5. The minimum absolute atomic E-state index is 0.0231. The smallest absolute Gasteiger partial charge is 0.408 e. The number of alkyl carbamates (subject to hydrolysis) is 1. The van der Waals surface area contributed by atoms with Gasteiger partial charge < -0.3 is 20.5 Å². The standard InChI is InChI=1S/C27H30N2O5/c1-4-6-15-23(24(30)31)28-25(32)27(3,16-5-2)29-26(33)34-17-22-20-13-9-7-11-18(20)19-12-8-10-14-21(19)22/h7-14,22-23H,5,15-17H2,1-3H3,(H,28,32)(H,29,33)(H,30,31). The normalized spacial score (nSPS) is 14.4. The van der Waals surface area contributed by atoms with Gasteiger partial charge in [-0.1, -0.05) is 61.9 Å². The van der Waals surface area contributed by atoms with Crippen LogP contribution in [0.25, 0.3) is 11.1 Å². The third kappa shape index (κ3) is 5.40. The van der Waals surface area contributed by atoms with E-state index in [1.807, 2.05) is 43.3 Å². The topological polar surface area (TPSA) is 105 Å². The number of benzene rings is 2. The van der Waals surface area contributed by atoms with Gasteiger partial charge in [-0.05, 0) is 42.5 Å². The Labute approximate surface area is 199 Å². The summed E-state index contributed by atoms with van der Waals surface area (Å²) in [5, 5.41) is 14.6. The molecule has 0 aromatic heterocycles. The Bertz CT molecular complexity index is 1090. The number of carbonyl (C=O) groups excluding carboxylic acids is 2. The first kappa shape index (κ1) is 24.8. The number of fused-ring (bicyclic) bond motifs is 3. The molecule has 7 heteroatoms. The van der Waals surface area contributed by atoms with Gasteiger partial charge in [-0.2, -0.15) is 0 Å². The van der Waals surface area contributed by atoms with E-state index in [-0.39, 0.29) is 18.9 Å². The lowest BCUT2D eigenvalue weighted by Gasteiger charge is -2.30. The summed E-state index contributed by atoms with van der Waals surface area (Å²) in [7, 11) is 0. The highest BCUT2D eigenvalue weighted by molar-refractivity contribution is 5.92. The molecule has 1 aliphatic carbocycles. The van der Waals surface area contributed by atoms with Crippen LogP contribution in [0.5, 0.6) is 0 Å². The zero-order valence-electron chi connectivity index (χ0n) is 19.7. The van der Waals surface area contributed by atoms with E-state index in [9.17, 15) is 19.5 Å². The van der Waals surface area contributed by atoms with Crippen LogP contribution in [0, 0.1) is 11.8 Å². The maximum absolute atomic E-state index is 13.0. The van der Waals surface area contributed by atoms with Crippen LogP contribution in [0.1, 0.15) is 57.1 Å². The van der Waals surface area contributed by atoms with Gasteiger partial charge in [0.15, 0.2) is 0 Å². The SMILES string of the molecule is CC#CCC(NC(=O)C(C)(CCC)NC(=O)OCC1c2ccccc2-c2ccccc21)C(=O)O. The number of hydrogen-bond donors (Lipinski definition) is 3. The highest BCUT2D eigenvalue weighted by Gasteiger charge is 2.37. The van der Waals surface area contributed by atoms with E-state index in [1.54, 1.807) is 13.8 Å². The van der Waals surface area contributed by atoms with Gasteiger partial charge in [0.1, 0.15) is 18.2 Å². The molecule has 7 nitrogen and oxygen atoms in total. The number of rotatable bonds is 9. The number of carbonyl (C=O) groups is 3. The summed E-state index contributed by atoms with van der Waals surface area (Å²) < 4.78 is 5.58. The van der Waals surface area contributed by atoms with Crippen LogP contribution in [-0.2, 0) is 14.3 Å². The van der Waals surface area contributed by atoms with Crippen LogP contribution < -0.4 is 10.6 Å². The predicted molar refractivity (Wildman–Crippen MR) is 129 cm³/mol. The zero-order valence-corrected chi connectivity index (χ0v) is 19.7.